The van der Waals surface area contributed by atoms with Gasteiger partial charge in [0.25, 0.3) is 0 Å². The normalized spacial score (nSPS) is 12.8. The van der Waals surface area contributed by atoms with Crippen molar-refractivity contribution in [3.63, 3.8) is 0 Å². The third-order valence-electron chi connectivity index (χ3n) is 3.64. The number of hydrogen-bond donors (Lipinski definition) is 0. The lowest BCUT2D eigenvalue weighted by Crippen LogP contribution is -1.93. The summed E-state index contributed by atoms with van der Waals surface area (Å²) in [6.07, 6.45) is 4.56. The van der Waals surface area contributed by atoms with Gasteiger partial charge in [-0.05, 0) is 47.2 Å². The number of halogens is 1. The third kappa shape index (κ3) is 2.30. The van der Waals surface area contributed by atoms with Crippen LogP contribution in [0.25, 0.3) is 10.8 Å². The molecule has 0 N–H and O–H groups in total. The van der Waals surface area contributed by atoms with Crippen LogP contribution in [0.4, 0.5) is 0 Å². The summed E-state index contributed by atoms with van der Waals surface area (Å²) in [6, 6.07) is 11.9. The van der Waals surface area contributed by atoms with Crippen molar-refractivity contribution in [1.82, 2.24) is 4.98 Å². The van der Waals surface area contributed by atoms with E-state index < -0.39 is 0 Å². The van der Waals surface area contributed by atoms with Crippen LogP contribution in [0.15, 0.2) is 48.8 Å². The molecule has 1 aliphatic heterocycles. The number of aromatic nitrogens is 1. The van der Waals surface area contributed by atoms with Gasteiger partial charge in [-0.15, -0.1) is 0 Å². The topological polar surface area (TPSA) is 31.4 Å². The lowest BCUT2D eigenvalue weighted by molar-refractivity contribution is 0.174. The first-order valence-corrected chi connectivity index (χ1v) is 7.08. The van der Waals surface area contributed by atoms with Crippen molar-refractivity contribution in [1.29, 1.82) is 0 Å². The highest BCUT2D eigenvalue weighted by Crippen LogP contribution is 2.37. The molecule has 0 unspecified atom stereocenters. The smallest absolute Gasteiger partial charge is 0.231 e. The lowest BCUT2D eigenvalue weighted by atomic mass is 10.0. The molecule has 21 heavy (non-hydrogen) atoms. The molecule has 2 heterocycles. The average Bonchev–Trinajstić information content (AvgIpc) is 2.95. The zero-order valence-electron chi connectivity index (χ0n) is 11.2. The maximum Gasteiger partial charge on any atom is 0.231 e. The van der Waals surface area contributed by atoms with Crippen molar-refractivity contribution in [2.24, 2.45) is 0 Å². The Morgan fingerprint density at radius 3 is 2.57 bits per heavy atom. The second-order valence-corrected chi connectivity index (χ2v) is 5.46. The average molecular weight is 298 g/mol. The van der Waals surface area contributed by atoms with E-state index in [4.69, 9.17) is 21.1 Å². The fourth-order valence-corrected chi connectivity index (χ4v) is 2.71. The molecule has 4 rings (SSSR count). The summed E-state index contributed by atoms with van der Waals surface area (Å²) in [4.78, 5) is 4.33. The SMILES string of the molecule is Clc1ccc(Cc2cncc3cc4c(cc23)OCO4)cc1. The molecule has 0 aliphatic carbocycles. The molecule has 0 spiro atoms. The van der Waals surface area contributed by atoms with Crippen molar-refractivity contribution in [2.75, 3.05) is 6.79 Å². The third-order valence-corrected chi connectivity index (χ3v) is 3.89. The first-order chi connectivity index (χ1) is 10.3. The number of ether oxygens (including phenoxy) is 2. The number of benzene rings is 2. The summed E-state index contributed by atoms with van der Waals surface area (Å²) in [5.41, 5.74) is 2.36. The van der Waals surface area contributed by atoms with Gasteiger partial charge < -0.3 is 9.47 Å². The minimum absolute atomic E-state index is 0.283. The van der Waals surface area contributed by atoms with Crippen LogP contribution in [0, 0.1) is 0 Å². The van der Waals surface area contributed by atoms with Gasteiger partial charge in [0.1, 0.15) is 0 Å². The van der Waals surface area contributed by atoms with Gasteiger partial charge in [-0.3, -0.25) is 4.98 Å². The Bertz CT molecular complexity index is 815. The molecule has 3 nitrogen and oxygen atoms in total. The van der Waals surface area contributed by atoms with Gasteiger partial charge in [0.15, 0.2) is 11.5 Å². The second kappa shape index (κ2) is 4.93. The summed E-state index contributed by atoms with van der Waals surface area (Å²) in [5.74, 6) is 1.58. The molecule has 1 aliphatic rings. The standard InChI is InChI=1S/C17H12ClNO2/c18-14-3-1-11(2-4-14)5-12-8-19-9-13-6-16-17(7-15(12)13)21-10-20-16/h1-4,6-9H,5,10H2. The molecule has 0 fully saturated rings. The highest BCUT2D eigenvalue weighted by atomic mass is 35.5. The molecule has 0 atom stereocenters. The molecule has 0 saturated heterocycles. The van der Waals surface area contributed by atoms with Gasteiger partial charge >= 0.3 is 0 Å². The molecule has 0 amide bonds. The van der Waals surface area contributed by atoms with Crippen LogP contribution < -0.4 is 9.47 Å². The van der Waals surface area contributed by atoms with Crippen LogP contribution in [0.3, 0.4) is 0 Å². The summed E-state index contributed by atoms with van der Waals surface area (Å²) in [5, 5.41) is 2.95. The minimum atomic E-state index is 0.283. The van der Waals surface area contributed by atoms with E-state index in [1.807, 2.05) is 48.8 Å². The van der Waals surface area contributed by atoms with Gasteiger partial charge in [0.05, 0.1) is 0 Å². The Hall–Kier alpha value is -2.26. The Labute approximate surface area is 127 Å². The van der Waals surface area contributed by atoms with E-state index >= 15 is 0 Å². The van der Waals surface area contributed by atoms with Gasteiger partial charge in [0.2, 0.25) is 6.79 Å². The maximum absolute atomic E-state index is 5.93. The summed E-state index contributed by atoms with van der Waals surface area (Å²) in [7, 11) is 0. The Balaban J connectivity index is 1.79. The van der Waals surface area contributed by atoms with Crippen molar-refractivity contribution in [2.45, 2.75) is 6.42 Å². The minimum Gasteiger partial charge on any atom is -0.454 e. The summed E-state index contributed by atoms with van der Waals surface area (Å²) < 4.78 is 10.9. The first kappa shape index (κ1) is 12.5. The van der Waals surface area contributed by atoms with Crippen LogP contribution in [0.2, 0.25) is 5.02 Å². The summed E-state index contributed by atoms with van der Waals surface area (Å²) in [6.45, 7) is 0.283. The molecular formula is C17H12ClNO2. The number of pyridine rings is 1. The Kier molecular flexibility index (Phi) is 2.93. The Morgan fingerprint density at radius 1 is 1.00 bits per heavy atom. The molecule has 0 radical (unpaired) electrons. The van der Waals surface area contributed by atoms with Crippen molar-refractivity contribution in [3.05, 3.63) is 64.9 Å². The zero-order chi connectivity index (χ0) is 14.2. The zero-order valence-corrected chi connectivity index (χ0v) is 11.9. The molecule has 0 bridgehead atoms. The van der Waals surface area contributed by atoms with Crippen molar-refractivity contribution in [3.8, 4) is 11.5 Å². The van der Waals surface area contributed by atoms with E-state index in [-0.39, 0.29) is 6.79 Å². The quantitative estimate of drug-likeness (QED) is 0.710. The number of rotatable bonds is 2. The second-order valence-electron chi connectivity index (χ2n) is 5.03. The van der Waals surface area contributed by atoms with E-state index in [1.165, 1.54) is 5.56 Å². The van der Waals surface area contributed by atoms with Gasteiger partial charge in [-0.2, -0.15) is 0 Å². The van der Waals surface area contributed by atoms with Gasteiger partial charge in [-0.1, -0.05) is 23.7 Å². The van der Waals surface area contributed by atoms with Gasteiger partial charge in [0, 0.05) is 22.8 Å². The number of nitrogens with zero attached hydrogens (tertiary/aromatic N) is 1. The molecule has 0 saturated carbocycles. The fourth-order valence-electron chi connectivity index (χ4n) is 2.58. The first-order valence-electron chi connectivity index (χ1n) is 6.70. The van der Waals surface area contributed by atoms with Crippen LogP contribution in [0.5, 0.6) is 11.5 Å². The molecule has 2 aromatic carbocycles. The van der Waals surface area contributed by atoms with Crippen molar-refractivity contribution >= 4 is 22.4 Å². The van der Waals surface area contributed by atoms with E-state index in [2.05, 4.69) is 4.98 Å². The largest absolute Gasteiger partial charge is 0.454 e. The fraction of sp³-hybridized carbons (Fsp3) is 0.118. The molecule has 104 valence electrons. The number of hydrogen-bond acceptors (Lipinski definition) is 3. The maximum atomic E-state index is 5.93. The van der Waals surface area contributed by atoms with Crippen LogP contribution >= 0.6 is 11.6 Å². The molecule has 4 heteroatoms. The highest BCUT2D eigenvalue weighted by molar-refractivity contribution is 6.30. The van der Waals surface area contributed by atoms with Crippen LogP contribution in [0.1, 0.15) is 11.1 Å². The van der Waals surface area contributed by atoms with E-state index in [9.17, 15) is 0 Å². The predicted octanol–water partition coefficient (Wildman–Crippen LogP) is 4.21. The predicted molar refractivity (Wildman–Crippen MR) is 82.1 cm³/mol. The van der Waals surface area contributed by atoms with E-state index in [0.717, 1.165) is 39.3 Å². The van der Waals surface area contributed by atoms with E-state index in [0.29, 0.717) is 0 Å². The lowest BCUT2D eigenvalue weighted by Gasteiger charge is -2.07. The summed E-state index contributed by atoms with van der Waals surface area (Å²) >= 11 is 5.93. The molecule has 1 aromatic heterocycles. The monoisotopic (exact) mass is 297 g/mol. The van der Waals surface area contributed by atoms with Crippen LogP contribution in [-0.4, -0.2) is 11.8 Å². The van der Waals surface area contributed by atoms with Crippen molar-refractivity contribution < 1.29 is 9.47 Å². The van der Waals surface area contributed by atoms with E-state index in [1.54, 1.807) is 0 Å². The molecular weight excluding hydrogens is 286 g/mol. The molecule has 3 aromatic rings. The van der Waals surface area contributed by atoms with Gasteiger partial charge in [-0.25, -0.2) is 0 Å². The van der Waals surface area contributed by atoms with Crippen LogP contribution in [-0.2, 0) is 6.42 Å². The Morgan fingerprint density at radius 2 is 1.76 bits per heavy atom. The highest BCUT2D eigenvalue weighted by Gasteiger charge is 2.15. The number of fused-ring (bicyclic) bond motifs is 2.